The van der Waals surface area contributed by atoms with Gasteiger partial charge in [-0.1, -0.05) is 0 Å². The van der Waals surface area contributed by atoms with Crippen LogP contribution in [-0.2, 0) is 30.6 Å². The molecule has 23 nitrogen and oxygen atoms in total. The summed E-state index contributed by atoms with van der Waals surface area (Å²) in [5, 5.41) is 60.4. The van der Waals surface area contributed by atoms with E-state index < -0.39 is 196 Å². The lowest BCUT2D eigenvalue weighted by Crippen LogP contribution is -2.30. The quantitative estimate of drug-likeness (QED) is 0.0795. The maximum atomic E-state index is 14.3. The van der Waals surface area contributed by atoms with Crippen LogP contribution in [0.5, 0.6) is 34.5 Å². The van der Waals surface area contributed by atoms with Gasteiger partial charge in [0.15, 0.2) is 17.3 Å². The summed E-state index contributed by atoms with van der Waals surface area (Å²) in [4.78, 5) is 82.0. The number of amides is 2. The molecule has 0 bridgehead atoms. The van der Waals surface area contributed by atoms with E-state index in [2.05, 4.69) is 25.4 Å². The van der Waals surface area contributed by atoms with E-state index >= 15 is 0 Å². The van der Waals surface area contributed by atoms with Crippen molar-refractivity contribution in [2.24, 2.45) is 0 Å². The van der Waals surface area contributed by atoms with Gasteiger partial charge in [-0.15, -0.1) is 0 Å². The summed E-state index contributed by atoms with van der Waals surface area (Å²) >= 11 is 2.83. The second kappa shape index (κ2) is 15.2. The van der Waals surface area contributed by atoms with E-state index in [1.54, 1.807) is 0 Å². The molecule has 4 aromatic carbocycles. The molecule has 0 aliphatic heterocycles. The zero-order valence-corrected chi connectivity index (χ0v) is 33.7. The van der Waals surface area contributed by atoms with Gasteiger partial charge in [0.1, 0.15) is 33.2 Å². The Bertz CT molecular complexity index is 3110. The molecule has 6 rings (SSSR count). The average Bonchev–Trinajstić information content (AvgIpc) is 3.13. The molecule has 0 spiro atoms. The molecule has 0 heterocycles. The van der Waals surface area contributed by atoms with Crippen LogP contribution in [0.2, 0.25) is 0 Å². The molecule has 4 aromatic rings. The highest BCUT2D eigenvalue weighted by atomic mass is 79.9. The van der Waals surface area contributed by atoms with Gasteiger partial charge in [-0.05, 0) is 46.3 Å². The fraction of sp³-hybridized carbons (Fsp3) is 0.118. The Hall–Kier alpha value is -6.49. The third-order valence-corrected chi connectivity index (χ3v) is 11.6. The molecule has 0 saturated heterocycles. The van der Waals surface area contributed by atoms with E-state index in [9.17, 15) is 84.1 Å². The zero-order chi connectivity index (χ0) is 45.4. The van der Waals surface area contributed by atoms with Crippen LogP contribution in [0.1, 0.15) is 84.4 Å². The van der Waals surface area contributed by atoms with Crippen LogP contribution >= 0.6 is 15.9 Å². The van der Waals surface area contributed by atoms with Crippen LogP contribution in [0.25, 0.3) is 11.1 Å². The number of hydrogen-bond acceptors (Lipinski definition) is 18. The predicted octanol–water partition coefficient (Wildman–Crippen LogP) is 0.612. The van der Waals surface area contributed by atoms with E-state index in [1.807, 2.05) is 5.32 Å². The molecule has 0 atom stereocenters. The summed E-state index contributed by atoms with van der Waals surface area (Å²) in [6, 6.07) is 3.17. The van der Waals surface area contributed by atoms with E-state index in [4.69, 9.17) is 9.11 Å². The first-order chi connectivity index (χ1) is 28.1. The van der Waals surface area contributed by atoms with Crippen LogP contribution in [-0.4, -0.2) is 124 Å². The third kappa shape index (κ3) is 8.09. The Morgan fingerprint density at radius 1 is 0.525 bits per heavy atom. The van der Waals surface area contributed by atoms with E-state index in [0.717, 1.165) is 6.07 Å². The van der Waals surface area contributed by atoms with Gasteiger partial charge in [-0.2, -0.15) is 25.3 Å². The monoisotopic (exact) mass is 970 g/mol. The van der Waals surface area contributed by atoms with Crippen molar-refractivity contribution in [2.75, 3.05) is 24.6 Å². The fourth-order valence-electron chi connectivity index (χ4n) is 6.53. The number of hydrogen-bond donors (Lipinski definition) is 10. The molecule has 0 saturated carbocycles. The maximum Gasteiger partial charge on any atom is 0.446 e. The van der Waals surface area contributed by atoms with Crippen molar-refractivity contribution < 1.29 is 97.4 Å². The number of carbonyl (C=O) groups excluding carboxylic acids is 6. The lowest BCUT2D eigenvalue weighted by Gasteiger charge is -2.26. The number of phenols is 5. The normalized spacial score (nSPS) is 13.5. The topological polar surface area (TPSA) is 400 Å². The van der Waals surface area contributed by atoms with Crippen LogP contribution in [0.15, 0.2) is 34.8 Å². The summed E-state index contributed by atoms with van der Waals surface area (Å²) in [5.74, 6) is -17.1. The molecule has 10 N–H and O–H groups in total. The van der Waals surface area contributed by atoms with Crippen molar-refractivity contribution >= 4 is 81.5 Å². The Morgan fingerprint density at radius 2 is 0.984 bits per heavy atom. The SMILES string of the molecule is O=C(NCCS(=O)(=O)O)c1cc(O)c2c(c1)C(=O)c1c(c(O)c(Br)c(O)c1-c1c(O)cc3c(c1O)C(=O)c1c(OS(=O)(=O)O)cc(C(=O)NCCS(=O)(=O)O)cc1C3=O)C2=O. The Labute approximate surface area is 348 Å². The highest BCUT2D eigenvalue weighted by Crippen LogP contribution is 2.55. The highest BCUT2D eigenvalue weighted by Gasteiger charge is 2.44. The first kappa shape index (κ1) is 44.1. The molecule has 61 heavy (non-hydrogen) atoms. The number of fused-ring (bicyclic) bond motifs is 4. The van der Waals surface area contributed by atoms with Crippen molar-refractivity contribution in [3.63, 3.8) is 0 Å². The smallest absolute Gasteiger partial charge is 0.446 e. The van der Waals surface area contributed by atoms with Gasteiger partial charge in [-0.25, -0.2) is 0 Å². The molecule has 0 fully saturated rings. The summed E-state index contributed by atoms with van der Waals surface area (Å²) < 4.78 is 99.2. The molecule has 320 valence electrons. The lowest BCUT2D eigenvalue weighted by molar-refractivity contribution is 0.0945. The first-order valence-corrected chi connectivity index (χ1v) is 21.7. The van der Waals surface area contributed by atoms with Crippen molar-refractivity contribution in [3.05, 3.63) is 90.4 Å². The number of carbonyl (C=O) groups is 6. The third-order valence-electron chi connectivity index (χ3n) is 9.02. The van der Waals surface area contributed by atoms with Crippen molar-refractivity contribution in [1.29, 1.82) is 0 Å². The molecule has 2 aliphatic rings. The van der Waals surface area contributed by atoms with Crippen LogP contribution < -0.4 is 14.8 Å². The van der Waals surface area contributed by atoms with Crippen LogP contribution in [0.4, 0.5) is 0 Å². The van der Waals surface area contributed by atoms with Gasteiger partial charge in [0.25, 0.3) is 32.1 Å². The molecule has 2 amide bonds. The first-order valence-electron chi connectivity index (χ1n) is 16.4. The van der Waals surface area contributed by atoms with Crippen LogP contribution in [0.3, 0.4) is 0 Å². The molecule has 27 heteroatoms. The summed E-state index contributed by atoms with van der Waals surface area (Å²) in [7, 11) is -14.7. The summed E-state index contributed by atoms with van der Waals surface area (Å²) in [6.45, 7) is -1.38. The second-order valence-electron chi connectivity index (χ2n) is 12.9. The largest absolute Gasteiger partial charge is 0.507 e. The highest BCUT2D eigenvalue weighted by molar-refractivity contribution is 9.10. The maximum absolute atomic E-state index is 14.3. The predicted molar refractivity (Wildman–Crippen MR) is 204 cm³/mol. The minimum absolute atomic E-state index is 0.517. The number of benzene rings is 4. The number of phenolic OH excluding ortho intramolecular Hbond substituents is 5. The number of aromatic hydroxyl groups is 5. The van der Waals surface area contributed by atoms with Gasteiger partial charge >= 0.3 is 10.4 Å². The molecular weight excluding hydrogens is 948 g/mol. The van der Waals surface area contributed by atoms with Crippen LogP contribution in [0, 0.1) is 0 Å². The Balaban J connectivity index is 1.54. The Kier molecular flexibility index (Phi) is 11.0. The molecule has 0 radical (unpaired) electrons. The second-order valence-corrected chi connectivity index (χ2v) is 17.9. The van der Waals surface area contributed by atoms with Crippen molar-refractivity contribution in [1.82, 2.24) is 10.6 Å². The van der Waals surface area contributed by atoms with Crippen molar-refractivity contribution in [3.8, 4) is 45.6 Å². The molecule has 0 unspecified atom stereocenters. The van der Waals surface area contributed by atoms with E-state index in [0.29, 0.717) is 24.3 Å². The van der Waals surface area contributed by atoms with Gasteiger partial charge in [0, 0.05) is 52.0 Å². The average molecular weight is 972 g/mol. The number of nitrogens with one attached hydrogen (secondary N) is 2. The van der Waals surface area contributed by atoms with E-state index in [-0.39, 0.29) is 0 Å². The number of halogens is 1. The lowest BCUT2D eigenvalue weighted by atomic mass is 9.76. The summed E-state index contributed by atoms with van der Waals surface area (Å²) in [5.41, 5.74) is -10.8. The Morgan fingerprint density at radius 3 is 1.51 bits per heavy atom. The summed E-state index contributed by atoms with van der Waals surface area (Å²) in [6.07, 6.45) is 0. The van der Waals surface area contributed by atoms with Gasteiger partial charge in [0.05, 0.1) is 39.3 Å². The minimum Gasteiger partial charge on any atom is -0.507 e. The van der Waals surface area contributed by atoms with E-state index in [1.165, 1.54) is 0 Å². The van der Waals surface area contributed by atoms with Crippen molar-refractivity contribution in [2.45, 2.75) is 0 Å². The molecule has 2 aliphatic carbocycles. The standard InChI is InChI=1S/C34H23BrN2O21S3/c35-25-31(45)22(23-24(32(25)46)28(42)18-12(27(23)41)5-10(7-15(18)38)33(47)36-1-3-59(49,50)51)21-16(39)9-14-20(30(21)44)29(43)19-13(26(14)40)6-11(8-17(19)58-61(55,56)57)34(48)37-2-4-60(52,53)54/h5-9,38-39,44-46H,1-4H2,(H,36,47)(H,37,48)(H,49,50,51)(H,52,53,54)(H,55,56,57). The molecule has 0 aromatic heterocycles. The molecular formula is C34H23BrN2O21S3. The van der Waals surface area contributed by atoms with Gasteiger partial charge in [-0.3, -0.25) is 42.4 Å². The zero-order valence-electron chi connectivity index (χ0n) is 29.7. The number of rotatable bonds is 11. The fourth-order valence-corrected chi connectivity index (χ4v) is 8.01. The number of ketones is 4. The van der Waals surface area contributed by atoms with Gasteiger partial charge in [0.2, 0.25) is 11.6 Å². The minimum atomic E-state index is -5.58. The van der Waals surface area contributed by atoms with Gasteiger partial charge < -0.3 is 40.3 Å².